The first-order valence-corrected chi connectivity index (χ1v) is 10.4. The highest BCUT2D eigenvalue weighted by Crippen LogP contribution is 2.51. The number of hydrogen-bond donors (Lipinski definition) is 1. The maximum atomic E-state index is 7.14. The molecule has 1 saturated heterocycles. The molecule has 0 saturated carbocycles. The zero-order chi connectivity index (χ0) is 19.2. The van der Waals surface area contributed by atoms with E-state index in [2.05, 4.69) is 71.6 Å². The molecule has 142 valence electrons. The molecule has 0 aliphatic carbocycles. The molecule has 5 rings (SSSR count). The fourth-order valence-corrected chi connectivity index (χ4v) is 5.46. The number of hydrogen-bond acceptors (Lipinski definition) is 2. The van der Waals surface area contributed by atoms with Gasteiger partial charge in [-0.1, -0.05) is 78.3 Å². The first kappa shape index (κ1) is 17.9. The predicted octanol–water partition coefficient (Wildman–Crippen LogP) is 5.09. The molecule has 2 unspecified atom stereocenters. The number of nitrogens with zero attached hydrogens (tertiary/aromatic N) is 1. The van der Waals surface area contributed by atoms with Crippen LogP contribution in [0.1, 0.15) is 35.1 Å². The maximum Gasteiger partial charge on any atom is 0.0739 e. The summed E-state index contributed by atoms with van der Waals surface area (Å²) in [5, 5.41) is 0.772. The minimum absolute atomic E-state index is 0.220. The first-order chi connectivity index (χ1) is 13.6. The summed E-state index contributed by atoms with van der Waals surface area (Å²) >= 11 is 6.24. The summed E-state index contributed by atoms with van der Waals surface area (Å²) in [6.45, 7) is 2.05. The van der Waals surface area contributed by atoms with Crippen LogP contribution in [0, 0.1) is 0 Å². The number of piperidine rings is 1. The average molecular weight is 389 g/mol. The van der Waals surface area contributed by atoms with Crippen LogP contribution in [-0.2, 0) is 17.5 Å². The third kappa shape index (κ3) is 2.71. The number of nitrogens with two attached hydrogens (primary N) is 1. The van der Waals surface area contributed by atoms with Crippen molar-refractivity contribution in [1.29, 1.82) is 0 Å². The van der Waals surface area contributed by atoms with Gasteiger partial charge < -0.3 is 5.73 Å². The number of halogens is 1. The Morgan fingerprint density at radius 2 is 1.50 bits per heavy atom. The smallest absolute Gasteiger partial charge is 0.0739 e. The van der Waals surface area contributed by atoms with E-state index in [0.29, 0.717) is 0 Å². The van der Waals surface area contributed by atoms with E-state index in [-0.39, 0.29) is 11.1 Å². The predicted molar refractivity (Wildman–Crippen MR) is 115 cm³/mol. The molecule has 3 aromatic rings. The highest BCUT2D eigenvalue weighted by molar-refractivity contribution is 6.30. The largest absolute Gasteiger partial charge is 0.321 e. The molecule has 0 radical (unpaired) electrons. The summed E-state index contributed by atoms with van der Waals surface area (Å²) in [4.78, 5) is 2.65. The third-order valence-electron chi connectivity index (χ3n) is 6.72. The van der Waals surface area contributed by atoms with E-state index in [4.69, 9.17) is 17.3 Å². The van der Waals surface area contributed by atoms with Crippen LogP contribution in [-0.4, -0.2) is 18.0 Å². The van der Waals surface area contributed by atoms with Gasteiger partial charge in [0.15, 0.2) is 0 Å². The van der Waals surface area contributed by atoms with E-state index in [1.54, 1.807) is 0 Å². The minimum atomic E-state index is -0.359. The normalized spacial score (nSPS) is 27.1. The number of benzene rings is 3. The van der Waals surface area contributed by atoms with Crippen molar-refractivity contribution in [1.82, 2.24) is 4.90 Å². The Kier molecular flexibility index (Phi) is 4.31. The Hall–Kier alpha value is -2.13. The second kappa shape index (κ2) is 6.73. The lowest BCUT2D eigenvalue weighted by molar-refractivity contribution is 0.0241. The van der Waals surface area contributed by atoms with E-state index in [9.17, 15) is 0 Å². The molecule has 2 nitrogen and oxygen atoms in total. The van der Waals surface area contributed by atoms with Crippen molar-refractivity contribution in [3.05, 3.63) is 106 Å². The molecule has 0 aromatic heterocycles. The van der Waals surface area contributed by atoms with Gasteiger partial charge >= 0.3 is 0 Å². The standard InChI is InChI=1S/C25H25ClN2/c26-22-12-10-21(11-13-22)25-18-24(27,20-7-2-1-3-8-20)15-17-28(25)16-14-19-6-4-5-9-23(19)25/h1-13H,14-18,27H2. The zero-order valence-corrected chi connectivity index (χ0v) is 16.7. The zero-order valence-electron chi connectivity index (χ0n) is 15.9. The molecule has 2 aliphatic heterocycles. The monoisotopic (exact) mass is 388 g/mol. The lowest BCUT2D eigenvalue weighted by Gasteiger charge is -2.56. The average Bonchev–Trinajstić information content (AvgIpc) is 2.74. The fraction of sp³-hybridized carbons (Fsp3) is 0.280. The molecule has 0 bridgehead atoms. The molecule has 2 heterocycles. The summed E-state index contributed by atoms with van der Waals surface area (Å²) in [7, 11) is 0. The SMILES string of the molecule is NC1(c2ccccc2)CCN2CCc3ccccc3C2(c2ccc(Cl)cc2)C1. The Bertz CT molecular complexity index is 985. The van der Waals surface area contributed by atoms with Crippen molar-refractivity contribution in [3.63, 3.8) is 0 Å². The lowest BCUT2D eigenvalue weighted by atomic mass is 9.64. The van der Waals surface area contributed by atoms with Crippen LogP contribution in [0.4, 0.5) is 0 Å². The van der Waals surface area contributed by atoms with Crippen LogP contribution >= 0.6 is 11.6 Å². The highest BCUT2D eigenvalue weighted by Gasteiger charge is 2.52. The van der Waals surface area contributed by atoms with Gasteiger partial charge in [-0.2, -0.15) is 0 Å². The minimum Gasteiger partial charge on any atom is -0.321 e. The van der Waals surface area contributed by atoms with Crippen LogP contribution in [0.2, 0.25) is 5.02 Å². The second-order valence-corrected chi connectivity index (χ2v) is 8.65. The van der Waals surface area contributed by atoms with E-state index in [1.807, 2.05) is 12.1 Å². The lowest BCUT2D eigenvalue weighted by Crippen LogP contribution is -2.61. The Morgan fingerprint density at radius 1 is 0.786 bits per heavy atom. The van der Waals surface area contributed by atoms with Crippen molar-refractivity contribution >= 4 is 11.6 Å². The van der Waals surface area contributed by atoms with Crippen molar-refractivity contribution < 1.29 is 0 Å². The summed E-state index contributed by atoms with van der Waals surface area (Å²) in [5.74, 6) is 0. The van der Waals surface area contributed by atoms with Gasteiger partial charge in [0.2, 0.25) is 0 Å². The number of fused-ring (bicyclic) bond motifs is 3. The van der Waals surface area contributed by atoms with Crippen LogP contribution in [0.5, 0.6) is 0 Å². The topological polar surface area (TPSA) is 29.3 Å². The molecular weight excluding hydrogens is 364 g/mol. The van der Waals surface area contributed by atoms with Gasteiger partial charge in [-0.3, -0.25) is 4.90 Å². The van der Waals surface area contributed by atoms with E-state index >= 15 is 0 Å². The fourth-order valence-electron chi connectivity index (χ4n) is 5.33. The summed E-state index contributed by atoms with van der Waals surface area (Å²) in [6, 6.07) is 27.9. The second-order valence-electron chi connectivity index (χ2n) is 8.21. The van der Waals surface area contributed by atoms with Crippen molar-refractivity contribution in [2.75, 3.05) is 13.1 Å². The van der Waals surface area contributed by atoms with Crippen LogP contribution in [0.15, 0.2) is 78.9 Å². The maximum absolute atomic E-state index is 7.14. The molecule has 0 spiro atoms. The highest BCUT2D eigenvalue weighted by atomic mass is 35.5. The molecule has 2 N–H and O–H groups in total. The van der Waals surface area contributed by atoms with Crippen molar-refractivity contribution in [2.45, 2.75) is 30.3 Å². The summed E-state index contributed by atoms with van der Waals surface area (Å²) in [6.07, 6.45) is 2.92. The summed E-state index contributed by atoms with van der Waals surface area (Å²) < 4.78 is 0. The Morgan fingerprint density at radius 3 is 2.29 bits per heavy atom. The van der Waals surface area contributed by atoms with Crippen molar-refractivity contribution in [2.24, 2.45) is 5.73 Å². The van der Waals surface area contributed by atoms with E-state index in [1.165, 1.54) is 22.3 Å². The van der Waals surface area contributed by atoms with Gasteiger partial charge in [0, 0.05) is 23.7 Å². The Balaban J connectivity index is 1.72. The van der Waals surface area contributed by atoms with Gasteiger partial charge in [0.25, 0.3) is 0 Å². The molecule has 0 amide bonds. The molecular formula is C25H25ClN2. The molecule has 28 heavy (non-hydrogen) atoms. The van der Waals surface area contributed by atoms with Crippen molar-refractivity contribution in [3.8, 4) is 0 Å². The van der Waals surface area contributed by atoms with E-state index < -0.39 is 0 Å². The van der Waals surface area contributed by atoms with E-state index in [0.717, 1.165) is 37.4 Å². The Labute approximate surface area is 171 Å². The third-order valence-corrected chi connectivity index (χ3v) is 6.98. The van der Waals surface area contributed by atoms with Gasteiger partial charge in [-0.15, -0.1) is 0 Å². The van der Waals surface area contributed by atoms with Crippen LogP contribution in [0.3, 0.4) is 0 Å². The molecule has 3 heteroatoms. The summed E-state index contributed by atoms with van der Waals surface area (Å²) in [5.41, 5.74) is 11.9. The van der Waals surface area contributed by atoms with Gasteiger partial charge in [0.1, 0.15) is 0 Å². The molecule has 1 fully saturated rings. The molecule has 2 aliphatic rings. The first-order valence-electron chi connectivity index (χ1n) is 10.1. The number of rotatable bonds is 2. The van der Waals surface area contributed by atoms with Gasteiger partial charge in [0.05, 0.1) is 5.54 Å². The van der Waals surface area contributed by atoms with Gasteiger partial charge in [-0.05, 0) is 53.6 Å². The van der Waals surface area contributed by atoms with Crippen LogP contribution < -0.4 is 5.73 Å². The molecule has 3 aromatic carbocycles. The quantitative estimate of drug-likeness (QED) is 0.662. The van der Waals surface area contributed by atoms with Gasteiger partial charge in [-0.25, -0.2) is 0 Å². The molecule has 2 atom stereocenters. The van der Waals surface area contributed by atoms with Crippen LogP contribution in [0.25, 0.3) is 0 Å².